The number of H-pyrrole nitrogens is 1. The van der Waals surface area contributed by atoms with Crippen LogP contribution in [0.4, 0.5) is 0 Å². The number of pyridine rings is 1. The van der Waals surface area contributed by atoms with E-state index in [0.717, 1.165) is 16.6 Å². The number of nitrogens with one attached hydrogen (secondary N) is 1. The van der Waals surface area contributed by atoms with Gasteiger partial charge in [-0.05, 0) is 12.1 Å². The lowest BCUT2D eigenvalue weighted by atomic mass is 10.2. The van der Waals surface area contributed by atoms with Gasteiger partial charge >= 0.3 is 0 Å². The van der Waals surface area contributed by atoms with Gasteiger partial charge in [0, 0.05) is 17.8 Å². The molecule has 2 aromatic rings. The van der Waals surface area contributed by atoms with Crippen LogP contribution in [0.5, 0.6) is 0 Å². The molecule has 0 unspecified atom stereocenters. The fraction of sp³-hybridized carbons (Fsp3) is 0.100. The van der Waals surface area contributed by atoms with Gasteiger partial charge in [0.1, 0.15) is 5.65 Å². The van der Waals surface area contributed by atoms with E-state index in [1.165, 1.54) is 0 Å². The van der Waals surface area contributed by atoms with Gasteiger partial charge in [0.2, 0.25) is 0 Å². The summed E-state index contributed by atoms with van der Waals surface area (Å²) in [6, 6.07) is 3.88. The number of aromatic amines is 1. The molecule has 0 aromatic carbocycles. The van der Waals surface area contributed by atoms with Crippen molar-refractivity contribution in [3.8, 4) is 11.8 Å². The summed E-state index contributed by atoms with van der Waals surface area (Å²) in [6.07, 6.45) is 3.60. The van der Waals surface area contributed by atoms with E-state index in [9.17, 15) is 0 Å². The molecule has 0 saturated carbocycles. The molecule has 0 bridgehead atoms. The Kier molecular flexibility index (Phi) is 1.99. The van der Waals surface area contributed by atoms with Gasteiger partial charge in [0.15, 0.2) is 0 Å². The Balaban J connectivity index is 2.58. The van der Waals surface area contributed by atoms with Crippen LogP contribution in [0.1, 0.15) is 5.56 Å². The highest BCUT2D eigenvalue weighted by atomic mass is 14.8. The second-order valence-corrected chi connectivity index (χ2v) is 2.61. The number of hydrogen-bond acceptors (Lipinski definition) is 2. The summed E-state index contributed by atoms with van der Waals surface area (Å²) in [5.41, 5.74) is 7.11. The number of aromatic nitrogens is 2. The molecule has 2 aromatic heterocycles. The van der Waals surface area contributed by atoms with Crippen LogP contribution < -0.4 is 5.73 Å². The van der Waals surface area contributed by atoms with Crippen molar-refractivity contribution in [3.05, 3.63) is 30.1 Å². The minimum atomic E-state index is 0.382. The van der Waals surface area contributed by atoms with Gasteiger partial charge in [-0.1, -0.05) is 11.8 Å². The first-order chi connectivity index (χ1) is 6.42. The summed E-state index contributed by atoms with van der Waals surface area (Å²) in [6.45, 7) is 0.382. The van der Waals surface area contributed by atoms with Crippen molar-refractivity contribution in [1.29, 1.82) is 0 Å². The largest absolute Gasteiger partial charge is 0.345 e. The van der Waals surface area contributed by atoms with Crippen molar-refractivity contribution in [1.82, 2.24) is 9.97 Å². The van der Waals surface area contributed by atoms with Gasteiger partial charge < -0.3 is 10.7 Å². The van der Waals surface area contributed by atoms with Crippen molar-refractivity contribution in [2.45, 2.75) is 0 Å². The van der Waals surface area contributed by atoms with E-state index in [2.05, 4.69) is 21.8 Å². The highest BCUT2D eigenvalue weighted by Crippen LogP contribution is 2.13. The Labute approximate surface area is 76.0 Å². The molecule has 3 heteroatoms. The maximum absolute atomic E-state index is 5.29. The molecule has 3 N–H and O–H groups in total. The van der Waals surface area contributed by atoms with Crippen molar-refractivity contribution in [2.24, 2.45) is 5.73 Å². The van der Waals surface area contributed by atoms with Gasteiger partial charge in [-0.15, -0.1) is 0 Å². The quantitative estimate of drug-likeness (QED) is 0.578. The third kappa shape index (κ3) is 1.40. The van der Waals surface area contributed by atoms with E-state index in [1.807, 2.05) is 18.3 Å². The highest BCUT2D eigenvalue weighted by Gasteiger charge is 1.99. The normalized spacial score (nSPS) is 9.62. The van der Waals surface area contributed by atoms with Gasteiger partial charge in [0.05, 0.1) is 12.1 Å². The molecule has 0 atom stereocenters. The molecule has 0 aliphatic heterocycles. The molecule has 3 nitrogen and oxygen atoms in total. The molecule has 0 saturated heterocycles. The lowest BCUT2D eigenvalue weighted by Crippen LogP contribution is -1.92. The number of hydrogen-bond donors (Lipinski definition) is 2. The van der Waals surface area contributed by atoms with Crippen molar-refractivity contribution >= 4 is 11.0 Å². The average Bonchev–Trinajstić information content (AvgIpc) is 2.58. The third-order valence-electron chi connectivity index (χ3n) is 1.78. The predicted molar refractivity (Wildman–Crippen MR) is 52.0 cm³/mol. The molecule has 13 heavy (non-hydrogen) atoms. The Morgan fingerprint density at radius 1 is 1.54 bits per heavy atom. The zero-order valence-corrected chi connectivity index (χ0v) is 7.04. The molecule has 2 rings (SSSR count). The summed E-state index contributed by atoms with van der Waals surface area (Å²) >= 11 is 0. The number of rotatable bonds is 0. The maximum Gasteiger partial charge on any atom is 0.138 e. The SMILES string of the molecule is NCC#Cc1c[nH]c2ncccc12. The van der Waals surface area contributed by atoms with Crippen LogP contribution in [0, 0.1) is 11.8 Å². The second kappa shape index (κ2) is 3.30. The summed E-state index contributed by atoms with van der Waals surface area (Å²) in [7, 11) is 0. The lowest BCUT2D eigenvalue weighted by Gasteiger charge is -1.86. The fourth-order valence-corrected chi connectivity index (χ4v) is 1.21. The summed E-state index contributed by atoms with van der Waals surface area (Å²) in [4.78, 5) is 7.20. The number of fused-ring (bicyclic) bond motifs is 1. The topological polar surface area (TPSA) is 54.7 Å². The van der Waals surface area contributed by atoms with E-state index < -0.39 is 0 Å². The standard InChI is InChI=1S/C10H9N3/c11-5-1-3-8-7-13-10-9(8)4-2-6-12-10/h2,4,6-7H,5,11H2,(H,12,13). The Morgan fingerprint density at radius 2 is 2.46 bits per heavy atom. The average molecular weight is 171 g/mol. The molecule has 0 spiro atoms. The lowest BCUT2D eigenvalue weighted by molar-refractivity contribution is 1.30. The minimum absolute atomic E-state index is 0.382. The van der Waals surface area contributed by atoms with Crippen LogP contribution in [0.2, 0.25) is 0 Å². The zero-order chi connectivity index (χ0) is 9.10. The van der Waals surface area contributed by atoms with E-state index in [-0.39, 0.29) is 0 Å². The Bertz CT molecular complexity index is 473. The number of nitrogens with zero attached hydrogens (tertiary/aromatic N) is 1. The molecule has 64 valence electrons. The summed E-state index contributed by atoms with van der Waals surface area (Å²) in [5, 5.41) is 1.04. The van der Waals surface area contributed by atoms with E-state index in [0.29, 0.717) is 6.54 Å². The molecular weight excluding hydrogens is 162 g/mol. The van der Waals surface area contributed by atoms with Crippen LogP contribution in [-0.4, -0.2) is 16.5 Å². The first kappa shape index (κ1) is 7.84. The minimum Gasteiger partial charge on any atom is -0.345 e. The zero-order valence-electron chi connectivity index (χ0n) is 7.04. The number of nitrogens with two attached hydrogens (primary N) is 1. The molecule has 0 amide bonds. The van der Waals surface area contributed by atoms with Crippen molar-refractivity contribution < 1.29 is 0 Å². The fourth-order valence-electron chi connectivity index (χ4n) is 1.21. The summed E-state index contributed by atoms with van der Waals surface area (Å²) < 4.78 is 0. The smallest absolute Gasteiger partial charge is 0.138 e. The van der Waals surface area contributed by atoms with Gasteiger partial charge in [-0.25, -0.2) is 4.98 Å². The molecule has 0 fully saturated rings. The Hall–Kier alpha value is -1.79. The van der Waals surface area contributed by atoms with E-state index in [1.54, 1.807) is 6.20 Å². The van der Waals surface area contributed by atoms with Crippen LogP contribution in [0.3, 0.4) is 0 Å². The summed E-state index contributed by atoms with van der Waals surface area (Å²) in [5.74, 6) is 5.79. The monoisotopic (exact) mass is 171 g/mol. The Morgan fingerprint density at radius 3 is 3.31 bits per heavy atom. The van der Waals surface area contributed by atoms with Crippen LogP contribution in [0.25, 0.3) is 11.0 Å². The van der Waals surface area contributed by atoms with E-state index in [4.69, 9.17) is 5.73 Å². The van der Waals surface area contributed by atoms with Gasteiger partial charge in [-0.3, -0.25) is 0 Å². The van der Waals surface area contributed by atoms with Crippen molar-refractivity contribution in [2.75, 3.05) is 6.54 Å². The predicted octanol–water partition coefficient (Wildman–Crippen LogP) is 0.873. The molecule has 0 aliphatic rings. The molecule has 0 aliphatic carbocycles. The first-order valence-corrected chi connectivity index (χ1v) is 4.03. The third-order valence-corrected chi connectivity index (χ3v) is 1.78. The van der Waals surface area contributed by atoms with Crippen LogP contribution in [0.15, 0.2) is 24.5 Å². The second-order valence-electron chi connectivity index (χ2n) is 2.61. The van der Waals surface area contributed by atoms with E-state index >= 15 is 0 Å². The maximum atomic E-state index is 5.29. The molecule has 2 heterocycles. The van der Waals surface area contributed by atoms with Crippen LogP contribution >= 0.6 is 0 Å². The molecule has 0 radical (unpaired) electrons. The van der Waals surface area contributed by atoms with Crippen LogP contribution in [-0.2, 0) is 0 Å². The van der Waals surface area contributed by atoms with Crippen molar-refractivity contribution in [3.63, 3.8) is 0 Å². The highest BCUT2D eigenvalue weighted by molar-refractivity contribution is 5.82. The first-order valence-electron chi connectivity index (χ1n) is 4.03. The van der Waals surface area contributed by atoms with Gasteiger partial charge in [-0.2, -0.15) is 0 Å². The van der Waals surface area contributed by atoms with Gasteiger partial charge in [0.25, 0.3) is 0 Å². The molecular formula is C10H9N3.